The second-order valence-corrected chi connectivity index (χ2v) is 11.5. The van der Waals surface area contributed by atoms with Crippen LogP contribution in [0.25, 0.3) is 17.4 Å². The van der Waals surface area contributed by atoms with Crippen LogP contribution >= 0.6 is 39.1 Å². The van der Waals surface area contributed by atoms with Crippen LogP contribution in [0.1, 0.15) is 32.9 Å². The Labute approximate surface area is 267 Å². The summed E-state index contributed by atoms with van der Waals surface area (Å²) in [6, 6.07) is 18.2. The molecule has 0 fully saturated rings. The number of carbonyl (C=O) groups is 2. The number of aromatic nitrogens is 3. The van der Waals surface area contributed by atoms with Crippen LogP contribution in [0.15, 0.2) is 83.7 Å². The van der Waals surface area contributed by atoms with Crippen molar-refractivity contribution in [2.45, 2.75) is 20.1 Å². The molecule has 0 radical (unpaired) electrons. The second kappa shape index (κ2) is 13.1. The van der Waals surface area contributed by atoms with E-state index in [4.69, 9.17) is 27.9 Å². The van der Waals surface area contributed by atoms with E-state index in [-0.39, 0.29) is 25.0 Å². The van der Waals surface area contributed by atoms with Gasteiger partial charge in [-0.1, -0.05) is 35.3 Å². The first-order valence-electron chi connectivity index (χ1n) is 13.3. The van der Waals surface area contributed by atoms with Crippen molar-refractivity contribution < 1.29 is 14.3 Å². The maximum absolute atomic E-state index is 12.6. The molecule has 11 heteroatoms. The predicted octanol–water partition coefficient (Wildman–Crippen LogP) is 7.11. The molecule has 0 bridgehead atoms. The van der Waals surface area contributed by atoms with Crippen molar-refractivity contribution in [1.82, 2.24) is 24.2 Å². The van der Waals surface area contributed by atoms with E-state index in [2.05, 4.69) is 26.2 Å². The molecule has 43 heavy (non-hydrogen) atoms. The fraction of sp³-hybridized carbons (Fsp3) is 0.156. The van der Waals surface area contributed by atoms with Crippen molar-refractivity contribution in [3.63, 3.8) is 0 Å². The lowest BCUT2D eigenvalue weighted by molar-refractivity contribution is -0.116. The molecule has 0 aliphatic heterocycles. The molecule has 0 atom stereocenters. The van der Waals surface area contributed by atoms with Crippen molar-refractivity contribution in [3.05, 3.63) is 122 Å². The summed E-state index contributed by atoms with van der Waals surface area (Å²) in [6.07, 6.45) is 6.94. The van der Waals surface area contributed by atoms with Crippen LogP contribution in [-0.2, 0) is 17.9 Å². The van der Waals surface area contributed by atoms with Crippen LogP contribution in [0.2, 0.25) is 10.0 Å². The SMILES string of the molecule is Cc1nc2c(OCc3c(Cl)ccc(-n4cccc4CNC(=O)C=Cc4ccc(C(=O)N(C)C)cc4)c3Cl)cccn2c1Br. The van der Waals surface area contributed by atoms with Gasteiger partial charge in [0.05, 0.1) is 22.9 Å². The standard InChI is InChI=1S/C32H28BrCl2N5O3/c1-20-30(33)40-17-5-7-27(31(40)37-20)43-19-24-25(34)13-14-26(29(24)35)39-16-4-6-23(39)18-36-28(41)15-10-21-8-11-22(12-9-21)32(42)38(2)3/h4-17H,18-19H2,1-3H3,(H,36,41). The summed E-state index contributed by atoms with van der Waals surface area (Å²) < 4.78 is 10.8. The van der Waals surface area contributed by atoms with Crippen molar-refractivity contribution in [2.24, 2.45) is 0 Å². The predicted molar refractivity (Wildman–Crippen MR) is 173 cm³/mol. The summed E-state index contributed by atoms with van der Waals surface area (Å²) in [5.41, 5.74) is 5.10. The molecule has 220 valence electrons. The highest BCUT2D eigenvalue weighted by Gasteiger charge is 2.17. The van der Waals surface area contributed by atoms with E-state index < -0.39 is 0 Å². The van der Waals surface area contributed by atoms with Gasteiger partial charge in [-0.2, -0.15) is 0 Å². The molecule has 0 spiro atoms. The number of aryl methyl sites for hydroxylation is 1. The van der Waals surface area contributed by atoms with Gasteiger partial charge in [-0.15, -0.1) is 0 Å². The molecule has 3 aromatic heterocycles. The van der Waals surface area contributed by atoms with Gasteiger partial charge >= 0.3 is 0 Å². The summed E-state index contributed by atoms with van der Waals surface area (Å²) in [5, 5.41) is 3.84. The first-order chi connectivity index (χ1) is 20.6. The normalized spacial score (nSPS) is 11.3. The number of hydrogen-bond donors (Lipinski definition) is 1. The maximum atomic E-state index is 12.6. The quantitative estimate of drug-likeness (QED) is 0.168. The van der Waals surface area contributed by atoms with E-state index in [1.165, 1.54) is 11.0 Å². The van der Waals surface area contributed by atoms with Crippen molar-refractivity contribution in [2.75, 3.05) is 14.1 Å². The number of hydrogen-bond acceptors (Lipinski definition) is 4. The Morgan fingerprint density at radius 3 is 2.53 bits per heavy atom. The van der Waals surface area contributed by atoms with Gasteiger partial charge in [-0.25, -0.2) is 4.98 Å². The highest BCUT2D eigenvalue weighted by Crippen LogP contribution is 2.33. The molecular formula is C32H28BrCl2N5O3. The lowest BCUT2D eigenvalue weighted by Crippen LogP contribution is -2.22. The molecule has 8 nitrogen and oxygen atoms in total. The van der Waals surface area contributed by atoms with Crippen LogP contribution in [-0.4, -0.2) is 44.8 Å². The zero-order chi connectivity index (χ0) is 30.7. The maximum Gasteiger partial charge on any atom is 0.253 e. The van der Waals surface area contributed by atoms with E-state index >= 15 is 0 Å². The number of ether oxygens (including phenoxy) is 1. The van der Waals surface area contributed by atoms with E-state index in [0.717, 1.165) is 21.6 Å². The number of fused-ring (bicyclic) bond motifs is 1. The number of carbonyl (C=O) groups excluding carboxylic acids is 2. The average Bonchev–Trinajstić information content (AvgIpc) is 3.58. The minimum absolute atomic E-state index is 0.0767. The zero-order valence-electron chi connectivity index (χ0n) is 23.6. The third-order valence-corrected chi connectivity index (χ3v) is 8.51. The van der Waals surface area contributed by atoms with E-state index in [1.54, 1.807) is 50.5 Å². The second-order valence-electron chi connectivity index (χ2n) is 9.94. The van der Waals surface area contributed by atoms with Crippen LogP contribution in [0, 0.1) is 6.92 Å². The summed E-state index contributed by atoms with van der Waals surface area (Å²) >= 11 is 17.0. The van der Waals surface area contributed by atoms with Gasteiger partial charge in [0.2, 0.25) is 5.91 Å². The zero-order valence-corrected chi connectivity index (χ0v) is 26.7. The van der Waals surface area contributed by atoms with Crippen molar-refractivity contribution >= 4 is 62.7 Å². The Kier molecular flexibility index (Phi) is 9.25. The Balaban J connectivity index is 1.27. The van der Waals surface area contributed by atoms with Crippen molar-refractivity contribution in [3.8, 4) is 11.4 Å². The number of amides is 2. The Hall–Kier alpha value is -4.05. The minimum Gasteiger partial charge on any atom is -0.485 e. The molecule has 0 saturated heterocycles. The molecule has 0 aliphatic rings. The van der Waals surface area contributed by atoms with Crippen LogP contribution in [0.3, 0.4) is 0 Å². The third-order valence-electron chi connectivity index (χ3n) is 6.78. The van der Waals surface area contributed by atoms with E-state index in [1.807, 2.05) is 58.6 Å². The Morgan fingerprint density at radius 1 is 1.05 bits per heavy atom. The van der Waals surface area contributed by atoms with Crippen LogP contribution < -0.4 is 10.1 Å². The summed E-state index contributed by atoms with van der Waals surface area (Å²) in [6.45, 7) is 2.32. The summed E-state index contributed by atoms with van der Waals surface area (Å²) in [7, 11) is 3.41. The van der Waals surface area contributed by atoms with Crippen LogP contribution in [0.5, 0.6) is 5.75 Å². The highest BCUT2D eigenvalue weighted by atomic mass is 79.9. The van der Waals surface area contributed by atoms with E-state index in [0.29, 0.717) is 38.3 Å². The van der Waals surface area contributed by atoms with E-state index in [9.17, 15) is 9.59 Å². The van der Waals surface area contributed by atoms with Gasteiger partial charge in [0.1, 0.15) is 11.2 Å². The average molecular weight is 681 g/mol. The first kappa shape index (κ1) is 30.4. The lowest BCUT2D eigenvalue weighted by Gasteiger charge is -2.16. The number of nitrogens with one attached hydrogen (secondary N) is 1. The summed E-state index contributed by atoms with van der Waals surface area (Å²) in [4.78, 5) is 30.8. The number of rotatable bonds is 9. The molecule has 5 aromatic rings. The van der Waals surface area contributed by atoms with Gasteiger partial charge in [-0.05, 0) is 83.0 Å². The molecule has 0 unspecified atom stereocenters. The smallest absolute Gasteiger partial charge is 0.253 e. The largest absolute Gasteiger partial charge is 0.485 e. The molecule has 2 amide bonds. The molecular weight excluding hydrogens is 653 g/mol. The number of pyridine rings is 1. The molecule has 5 rings (SSSR count). The van der Waals surface area contributed by atoms with Gasteiger partial charge in [0.15, 0.2) is 11.4 Å². The first-order valence-corrected chi connectivity index (χ1v) is 14.9. The third kappa shape index (κ3) is 6.64. The Bertz CT molecular complexity index is 1840. The lowest BCUT2D eigenvalue weighted by atomic mass is 10.1. The van der Waals surface area contributed by atoms with Gasteiger partial charge in [0, 0.05) is 54.4 Å². The fourth-order valence-electron chi connectivity index (χ4n) is 4.49. The van der Waals surface area contributed by atoms with Crippen LogP contribution in [0.4, 0.5) is 0 Å². The molecule has 0 saturated carbocycles. The molecule has 2 aromatic carbocycles. The van der Waals surface area contributed by atoms with Gasteiger partial charge < -0.3 is 19.5 Å². The number of imidazole rings is 1. The summed E-state index contributed by atoms with van der Waals surface area (Å²) in [5.74, 6) is 0.268. The minimum atomic E-state index is -0.257. The van der Waals surface area contributed by atoms with Gasteiger partial charge in [-0.3, -0.25) is 14.0 Å². The van der Waals surface area contributed by atoms with Gasteiger partial charge in [0.25, 0.3) is 5.91 Å². The number of benzene rings is 2. The fourth-order valence-corrected chi connectivity index (χ4v) is 5.44. The molecule has 0 aliphatic carbocycles. The topological polar surface area (TPSA) is 80.9 Å². The number of halogens is 3. The highest BCUT2D eigenvalue weighted by molar-refractivity contribution is 9.10. The monoisotopic (exact) mass is 679 g/mol. The molecule has 1 N–H and O–H groups in total. The van der Waals surface area contributed by atoms with Crippen molar-refractivity contribution in [1.29, 1.82) is 0 Å². The Morgan fingerprint density at radius 2 is 1.79 bits per heavy atom. The molecule has 3 heterocycles. The number of nitrogens with zero attached hydrogens (tertiary/aromatic N) is 4.